The van der Waals surface area contributed by atoms with Crippen LogP contribution in [0.1, 0.15) is 58.6 Å². The molecule has 0 radical (unpaired) electrons. The highest BCUT2D eigenvalue weighted by Crippen LogP contribution is 2.38. The number of benzene rings is 2. The number of fused-ring (bicyclic) bond motifs is 1. The van der Waals surface area contributed by atoms with Crippen molar-refractivity contribution >= 4 is 51.9 Å². The first-order valence-electron chi connectivity index (χ1n) is 13.0. The second-order valence-corrected chi connectivity index (χ2v) is 10.3. The summed E-state index contributed by atoms with van der Waals surface area (Å²) in [5, 5.41) is 7.41. The molecule has 0 saturated carbocycles. The van der Waals surface area contributed by atoms with E-state index in [-0.39, 0.29) is 13.2 Å². The van der Waals surface area contributed by atoms with Crippen LogP contribution >= 0.6 is 22.9 Å². The number of nitrogens with zero attached hydrogens (tertiary/aromatic N) is 1. The van der Waals surface area contributed by atoms with Crippen LogP contribution in [-0.4, -0.2) is 37.2 Å². The Morgan fingerprint density at radius 2 is 1.80 bits per heavy atom. The number of aryl methyl sites for hydroxylation is 1. The number of hydrogen-bond donors (Lipinski definition) is 2. The Hall–Kier alpha value is -3.89. The quantitative estimate of drug-likeness (QED) is 0.140. The maximum atomic E-state index is 12.6. The summed E-state index contributed by atoms with van der Waals surface area (Å²) in [6.45, 7) is 4.47. The number of nitrogens with one attached hydrogen (secondary N) is 2. The Bertz CT molecular complexity index is 1420. The number of carbonyl (C=O) groups is 3. The third kappa shape index (κ3) is 7.19. The molecule has 1 aromatic heterocycles. The van der Waals surface area contributed by atoms with Crippen LogP contribution < -0.4 is 20.2 Å². The summed E-state index contributed by atoms with van der Waals surface area (Å²) in [6.07, 6.45) is 4.92. The lowest BCUT2D eigenvalue weighted by atomic mass is 9.95. The Labute approximate surface area is 241 Å². The Morgan fingerprint density at radius 3 is 2.58 bits per heavy atom. The van der Waals surface area contributed by atoms with Gasteiger partial charge in [-0.05, 0) is 74.9 Å². The molecule has 1 aliphatic carbocycles. The van der Waals surface area contributed by atoms with Crippen LogP contribution in [-0.2, 0) is 33.8 Å². The van der Waals surface area contributed by atoms with Crippen LogP contribution in [0.2, 0.25) is 5.02 Å². The number of halogens is 1. The van der Waals surface area contributed by atoms with Crippen molar-refractivity contribution in [3.05, 3.63) is 74.6 Å². The summed E-state index contributed by atoms with van der Waals surface area (Å²) in [7, 11) is 0. The van der Waals surface area contributed by atoms with Gasteiger partial charge < -0.3 is 19.5 Å². The van der Waals surface area contributed by atoms with Crippen molar-refractivity contribution in [3.8, 4) is 11.5 Å². The number of hydrazone groups is 1. The zero-order chi connectivity index (χ0) is 28.5. The molecular weight excluding hydrogens is 554 g/mol. The molecule has 0 aliphatic heterocycles. The maximum Gasteiger partial charge on any atom is 0.341 e. The third-order valence-electron chi connectivity index (χ3n) is 6.07. The minimum atomic E-state index is -0.970. The molecule has 1 aliphatic rings. The molecule has 9 nitrogen and oxygen atoms in total. The first-order valence-corrected chi connectivity index (χ1v) is 14.2. The number of carbonyl (C=O) groups excluding carboxylic acids is 3. The van der Waals surface area contributed by atoms with Crippen molar-refractivity contribution in [2.75, 3.05) is 18.5 Å². The molecule has 2 aromatic carbocycles. The molecule has 40 heavy (non-hydrogen) atoms. The lowest BCUT2D eigenvalue weighted by molar-refractivity contribution is -0.136. The summed E-state index contributed by atoms with van der Waals surface area (Å²) < 4.78 is 16.8. The van der Waals surface area contributed by atoms with Gasteiger partial charge in [0.2, 0.25) is 0 Å². The van der Waals surface area contributed by atoms with Crippen LogP contribution in [0.4, 0.5) is 5.00 Å². The van der Waals surface area contributed by atoms with Gasteiger partial charge in [-0.1, -0.05) is 29.8 Å². The Balaban J connectivity index is 1.39. The van der Waals surface area contributed by atoms with Crippen molar-refractivity contribution in [2.24, 2.45) is 5.10 Å². The number of ether oxygens (including phenoxy) is 3. The average molecular weight is 584 g/mol. The van der Waals surface area contributed by atoms with Gasteiger partial charge in [-0.25, -0.2) is 10.2 Å². The number of anilines is 1. The van der Waals surface area contributed by atoms with E-state index in [0.717, 1.165) is 41.7 Å². The molecule has 2 N–H and O–H groups in total. The smallest absolute Gasteiger partial charge is 0.341 e. The van der Waals surface area contributed by atoms with Gasteiger partial charge >= 0.3 is 17.8 Å². The highest BCUT2D eigenvalue weighted by molar-refractivity contribution is 7.17. The van der Waals surface area contributed by atoms with E-state index in [0.29, 0.717) is 39.3 Å². The van der Waals surface area contributed by atoms with Gasteiger partial charge in [-0.15, -0.1) is 11.3 Å². The largest absolute Gasteiger partial charge is 0.490 e. The minimum Gasteiger partial charge on any atom is -0.490 e. The standard InChI is InChI=1S/C29H30ClN3O6S/c1-3-37-23-15-18(13-14-22(23)39-17-19-9-5-7-11-21(19)30)16-31-33-27(35)26(34)32-28-25(29(36)38-4-2)20-10-6-8-12-24(20)40-28/h5,7,9,11,13-16H,3-4,6,8,10,12,17H2,1-2H3,(H,32,34)(H,33,35)/b31-16+. The summed E-state index contributed by atoms with van der Waals surface area (Å²) >= 11 is 7.52. The number of amides is 2. The van der Waals surface area contributed by atoms with Crippen molar-refractivity contribution in [1.29, 1.82) is 0 Å². The SMILES string of the molecule is CCOC(=O)c1c(NC(=O)C(=O)N/N=C/c2ccc(OCc3ccccc3Cl)c(OCC)c2)sc2c1CCCC2. The van der Waals surface area contributed by atoms with Crippen LogP contribution in [0.5, 0.6) is 11.5 Å². The van der Waals surface area contributed by atoms with Gasteiger partial charge in [-0.3, -0.25) is 9.59 Å². The fourth-order valence-electron chi connectivity index (χ4n) is 4.21. The Kier molecular flexibility index (Phi) is 10.2. The molecule has 3 aromatic rings. The summed E-state index contributed by atoms with van der Waals surface area (Å²) in [4.78, 5) is 38.7. The molecular formula is C29H30ClN3O6S. The lowest BCUT2D eigenvalue weighted by Crippen LogP contribution is -2.32. The number of esters is 1. The molecule has 0 fully saturated rings. The van der Waals surface area contributed by atoms with Crippen LogP contribution in [0, 0.1) is 0 Å². The third-order valence-corrected chi connectivity index (χ3v) is 7.65. The van der Waals surface area contributed by atoms with Gasteiger partial charge in [0.15, 0.2) is 11.5 Å². The number of rotatable bonds is 10. The monoisotopic (exact) mass is 583 g/mol. The van der Waals surface area contributed by atoms with Gasteiger partial charge in [0.05, 0.1) is 25.0 Å². The van der Waals surface area contributed by atoms with Gasteiger partial charge in [0, 0.05) is 15.5 Å². The fraction of sp³-hybridized carbons (Fsp3) is 0.310. The molecule has 2 amide bonds. The molecule has 0 bridgehead atoms. The lowest BCUT2D eigenvalue weighted by Gasteiger charge is -2.13. The maximum absolute atomic E-state index is 12.6. The molecule has 11 heteroatoms. The summed E-state index contributed by atoms with van der Waals surface area (Å²) in [5.41, 5.74) is 4.92. The number of hydrogen-bond acceptors (Lipinski definition) is 8. The summed E-state index contributed by atoms with van der Waals surface area (Å²) in [6, 6.07) is 12.6. The first-order chi connectivity index (χ1) is 19.4. The van der Waals surface area contributed by atoms with Crippen molar-refractivity contribution in [2.45, 2.75) is 46.1 Å². The second-order valence-electron chi connectivity index (χ2n) is 8.81. The van der Waals surface area contributed by atoms with E-state index in [1.54, 1.807) is 31.2 Å². The van der Waals surface area contributed by atoms with Crippen LogP contribution in [0.15, 0.2) is 47.6 Å². The van der Waals surface area contributed by atoms with E-state index in [2.05, 4.69) is 15.8 Å². The summed E-state index contributed by atoms with van der Waals surface area (Å²) in [5.74, 6) is -1.38. The van der Waals surface area contributed by atoms with Crippen LogP contribution in [0.25, 0.3) is 0 Å². The van der Waals surface area contributed by atoms with E-state index in [1.807, 2.05) is 25.1 Å². The minimum absolute atomic E-state index is 0.214. The van der Waals surface area contributed by atoms with Crippen molar-refractivity contribution in [3.63, 3.8) is 0 Å². The molecule has 4 rings (SSSR count). The predicted molar refractivity (Wildman–Crippen MR) is 155 cm³/mol. The molecule has 1 heterocycles. The van der Waals surface area contributed by atoms with E-state index < -0.39 is 17.8 Å². The van der Waals surface area contributed by atoms with Crippen molar-refractivity contribution in [1.82, 2.24) is 5.43 Å². The van der Waals surface area contributed by atoms with Crippen LogP contribution in [0.3, 0.4) is 0 Å². The van der Waals surface area contributed by atoms with E-state index in [1.165, 1.54) is 17.6 Å². The molecule has 210 valence electrons. The van der Waals surface area contributed by atoms with E-state index in [4.69, 9.17) is 25.8 Å². The fourth-order valence-corrected chi connectivity index (χ4v) is 5.68. The Morgan fingerprint density at radius 1 is 1.00 bits per heavy atom. The number of thiophene rings is 1. The average Bonchev–Trinajstić information content (AvgIpc) is 3.31. The van der Waals surface area contributed by atoms with Gasteiger partial charge in [-0.2, -0.15) is 5.10 Å². The molecule has 0 atom stereocenters. The van der Waals surface area contributed by atoms with Gasteiger partial charge in [0.1, 0.15) is 11.6 Å². The highest BCUT2D eigenvalue weighted by atomic mass is 35.5. The van der Waals surface area contributed by atoms with Gasteiger partial charge in [0.25, 0.3) is 0 Å². The highest BCUT2D eigenvalue weighted by Gasteiger charge is 2.28. The van der Waals surface area contributed by atoms with E-state index in [9.17, 15) is 14.4 Å². The second kappa shape index (κ2) is 14.0. The zero-order valence-corrected chi connectivity index (χ0v) is 23.8. The zero-order valence-electron chi connectivity index (χ0n) is 22.3. The molecule has 0 spiro atoms. The molecule has 0 unspecified atom stereocenters. The van der Waals surface area contributed by atoms with Crippen molar-refractivity contribution < 1.29 is 28.6 Å². The van der Waals surface area contributed by atoms with E-state index >= 15 is 0 Å². The first kappa shape index (κ1) is 29.1. The topological polar surface area (TPSA) is 115 Å². The predicted octanol–water partition coefficient (Wildman–Crippen LogP) is 5.52. The normalized spacial score (nSPS) is 12.5. The molecule has 0 saturated heterocycles.